The van der Waals surface area contributed by atoms with Gasteiger partial charge in [0.1, 0.15) is 0 Å². The van der Waals surface area contributed by atoms with Crippen molar-refractivity contribution >= 4 is 17.6 Å². The number of benzene rings is 1. The molecule has 5 heteroatoms. The molecule has 23 heavy (non-hydrogen) atoms. The van der Waals surface area contributed by atoms with Crippen LogP contribution in [0.5, 0.6) is 0 Å². The number of carbonyl (C=O) groups is 2. The van der Waals surface area contributed by atoms with E-state index in [9.17, 15) is 9.59 Å². The molecule has 3 amide bonds. The molecule has 0 radical (unpaired) electrons. The Labute approximate surface area is 138 Å². The number of amides is 3. The highest BCUT2D eigenvalue weighted by Crippen LogP contribution is 2.24. The van der Waals surface area contributed by atoms with E-state index in [1.54, 1.807) is 26.2 Å². The van der Waals surface area contributed by atoms with Crippen LogP contribution in [0, 0.1) is 12.8 Å². The van der Waals surface area contributed by atoms with E-state index in [4.69, 9.17) is 0 Å². The Hall–Kier alpha value is -2.04. The molecule has 1 saturated carbocycles. The van der Waals surface area contributed by atoms with Crippen LogP contribution in [0.1, 0.15) is 48.5 Å². The summed E-state index contributed by atoms with van der Waals surface area (Å²) in [5, 5.41) is 5.96. The second-order valence-electron chi connectivity index (χ2n) is 6.70. The zero-order valence-corrected chi connectivity index (χ0v) is 14.5. The van der Waals surface area contributed by atoms with E-state index >= 15 is 0 Å². The Morgan fingerprint density at radius 1 is 1.17 bits per heavy atom. The van der Waals surface area contributed by atoms with Crippen molar-refractivity contribution in [3.05, 3.63) is 29.3 Å². The molecule has 1 aromatic carbocycles. The Balaban J connectivity index is 2.05. The van der Waals surface area contributed by atoms with Crippen molar-refractivity contribution in [2.45, 2.75) is 45.6 Å². The summed E-state index contributed by atoms with van der Waals surface area (Å²) in [6.07, 6.45) is 4.61. The normalized spacial score (nSPS) is 20.7. The van der Waals surface area contributed by atoms with Crippen LogP contribution in [-0.2, 0) is 0 Å². The number of hydrogen-bond acceptors (Lipinski definition) is 2. The molecule has 2 rings (SSSR count). The second kappa shape index (κ2) is 7.49. The minimum atomic E-state index is -0.193. The van der Waals surface area contributed by atoms with E-state index in [0.717, 1.165) is 18.4 Å². The van der Waals surface area contributed by atoms with Crippen molar-refractivity contribution in [1.82, 2.24) is 10.2 Å². The van der Waals surface area contributed by atoms with E-state index in [2.05, 4.69) is 17.6 Å². The standard InChI is InChI=1S/C18H27N3O2/c1-12-7-5-6-8-15(12)19-18(23)20-16-11-14(10-9-13(16)2)17(22)21(3)4/h9-12,15H,5-8H2,1-4H3,(H2,19,20,23). The van der Waals surface area contributed by atoms with Crippen molar-refractivity contribution in [2.75, 3.05) is 19.4 Å². The Morgan fingerprint density at radius 3 is 2.52 bits per heavy atom. The Morgan fingerprint density at radius 2 is 1.87 bits per heavy atom. The van der Waals surface area contributed by atoms with E-state index in [1.807, 2.05) is 13.0 Å². The maximum Gasteiger partial charge on any atom is 0.319 e. The smallest absolute Gasteiger partial charge is 0.319 e. The molecule has 1 aromatic rings. The first kappa shape index (κ1) is 17.3. The van der Waals surface area contributed by atoms with Crippen LogP contribution in [-0.4, -0.2) is 37.0 Å². The number of hydrogen-bond donors (Lipinski definition) is 2. The first-order valence-electron chi connectivity index (χ1n) is 8.28. The van der Waals surface area contributed by atoms with Gasteiger partial charge in [0, 0.05) is 31.4 Å². The SMILES string of the molecule is Cc1ccc(C(=O)N(C)C)cc1NC(=O)NC1CCCCC1C. The van der Waals surface area contributed by atoms with Gasteiger partial charge in [0.15, 0.2) is 0 Å². The van der Waals surface area contributed by atoms with Crippen LogP contribution < -0.4 is 10.6 Å². The molecule has 0 aliphatic heterocycles. The zero-order chi connectivity index (χ0) is 17.0. The lowest BCUT2D eigenvalue weighted by molar-refractivity contribution is 0.0827. The number of nitrogens with zero attached hydrogens (tertiary/aromatic N) is 1. The fourth-order valence-corrected chi connectivity index (χ4v) is 3.01. The van der Waals surface area contributed by atoms with Gasteiger partial charge in [-0.2, -0.15) is 0 Å². The van der Waals surface area contributed by atoms with Crippen LogP contribution in [0.4, 0.5) is 10.5 Å². The number of anilines is 1. The predicted molar refractivity (Wildman–Crippen MR) is 92.8 cm³/mol. The van der Waals surface area contributed by atoms with Crippen LogP contribution in [0.2, 0.25) is 0 Å². The van der Waals surface area contributed by atoms with Gasteiger partial charge < -0.3 is 15.5 Å². The van der Waals surface area contributed by atoms with Gasteiger partial charge in [0.2, 0.25) is 0 Å². The molecule has 0 spiro atoms. The molecule has 2 atom stereocenters. The van der Waals surface area contributed by atoms with E-state index in [1.165, 1.54) is 17.7 Å². The summed E-state index contributed by atoms with van der Waals surface area (Å²) in [6.45, 7) is 4.11. The zero-order valence-electron chi connectivity index (χ0n) is 14.5. The van der Waals surface area contributed by atoms with Crippen LogP contribution in [0.25, 0.3) is 0 Å². The third-order valence-corrected chi connectivity index (χ3v) is 4.57. The number of urea groups is 1. The van der Waals surface area contributed by atoms with Gasteiger partial charge in [-0.15, -0.1) is 0 Å². The number of rotatable bonds is 3. The highest BCUT2D eigenvalue weighted by Gasteiger charge is 2.23. The molecule has 2 unspecified atom stereocenters. The van der Waals surface area contributed by atoms with Crippen molar-refractivity contribution in [2.24, 2.45) is 5.92 Å². The van der Waals surface area contributed by atoms with E-state index in [-0.39, 0.29) is 18.0 Å². The maximum atomic E-state index is 12.3. The first-order valence-corrected chi connectivity index (χ1v) is 8.28. The monoisotopic (exact) mass is 317 g/mol. The van der Waals surface area contributed by atoms with Gasteiger partial charge in [0.05, 0.1) is 0 Å². The number of carbonyl (C=O) groups excluding carboxylic acids is 2. The molecular weight excluding hydrogens is 290 g/mol. The summed E-state index contributed by atoms with van der Waals surface area (Å²) in [5.41, 5.74) is 2.19. The molecule has 1 fully saturated rings. The molecular formula is C18H27N3O2. The summed E-state index contributed by atoms with van der Waals surface area (Å²) in [6, 6.07) is 5.41. The molecule has 5 nitrogen and oxygen atoms in total. The molecule has 126 valence electrons. The summed E-state index contributed by atoms with van der Waals surface area (Å²) < 4.78 is 0. The highest BCUT2D eigenvalue weighted by molar-refractivity contribution is 5.97. The van der Waals surface area contributed by atoms with Crippen LogP contribution >= 0.6 is 0 Å². The quantitative estimate of drug-likeness (QED) is 0.897. The summed E-state index contributed by atoms with van der Waals surface area (Å²) in [4.78, 5) is 25.9. The third-order valence-electron chi connectivity index (χ3n) is 4.57. The third kappa shape index (κ3) is 4.47. The highest BCUT2D eigenvalue weighted by atomic mass is 16.2. The average Bonchev–Trinajstić information content (AvgIpc) is 2.51. The largest absolute Gasteiger partial charge is 0.345 e. The lowest BCUT2D eigenvalue weighted by atomic mass is 9.86. The van der Waals surface area contributed by atoms with Gasteiger partial charge in [-0.3, -0.25) is 4.79 Å². The second-order valence-corrected chi connectivity index (χ2v) is 6.70. The van der Waals surface area contributed by atoms with E-state index in [0.29, 0.717) is 17.2 Å². The van der Waals surface area contributed by atoms with Gasteiger partial charge in [0.25, 0.3) is 5.91 Å². The van der Waals surface area contributed by atoms with Gasteiger partial charge >= 0.3 is 6.03 Å². The lowest BCUT2D eigenvalue weighted by Gasteiger charge is -2.29. The molecule has 2 N–H and O–H groups in total. The fourth-order valence-electron chi connectivity index (χ4n) is 3.01. The molecule has 0 bridgehead atoms. The summed E-state index contributed by atoms with van der Waals surface area (Å²) >= 11 is 0. The van der Waals surface area contributed by atoms with Crippen molar-refractivity contribution < 1.29 is 9.59 Å². The van der Waals surface area contributed by atoms with Crippen molar-refractivity contribution in [3.8, 4) is 0 Å². The van der Waals surface area contributed by atoms with Crippen molar-refractivity contribution in [1.29, 1.82) is 0 Å². The van der Waals surface area contributed by atoms with Crippen molar-refractivity contribution in [3.63, 3.8) is 0 Å². The average molecular weight is 317 g/mol. The Bertz CT molecular complexity index is 584. The lowest BCUT2D eigenvalue weighted by Crippen LogP contribution is -2.43. The molecule has 0 aromatic heterocycles. The predicted octanol–water partition coefficient (Wildman–Crippen LogP) is 3.40. The van der Waals surface area contributed by atoms with E-state index < -0.39 is 0 Å². The minimum Gasteiger partial charge on any atom is -0.345 e. The summed E-state index contributed by atoms with van der Waals surface area (Å²) in [5.74, 6) is 0.437. The molecule has 0 saturated heterocycles. The van der Waals surface area contributed by atoms with Gasteiger partial charge in [-0.05, 0) is 43.4 Å². The maximum absolute atomic E-state index is 12.3. The van der Waals surface area contributed by atoms with Crippen LogP contribution in [0.3, 0.4) is 0 Å². The molecule has 0 heterocycles. The van der Waals surface area contributed by atoms with Crippen LogP contribution in [0.15, 0.2) is 18.2 Å². The Kier molecular flexibility index (Phi) is 5.64. The topological polar surface area (TPSA) is 61.4 Å². The summed E-state index contributed by atoms with van der Waals surface area (Å²) in [7, 11) is 3.43. The molecule has 1 aliphatic carbocycles. The molecule has 1 aliphatic rings. The van der Waals surface area contributed by atoms with Gasteiger partial charge in [-0.25, -0.2) is 4.79 Å². The number of aryl methyl sites for hydroxylation is 1. The minimum absolute atomic E-state index is 0.0747. The van der Waals surface area contributed by atoms with Gasteiger partial charge in [-0.1, -0.05) is 25.8 Å². The first-order chi connectivity index (χ1) is 10.9. The number of nitrogens with one attached hydrogen (secondary N) is 2. The fraction of sp³-hybridized carbons (Fsp3) is 0.556.